The standard InChI is InChI=1S/C19H21NO2S/c1-22-18-9-7-15(6-8-17(21)19-5-4-12-23-19)13-16(18)14-20-10-2-3-11-20/h4-9,12-13H,2-3,10-11,14H2,1H3/b8-6+. The lowest BCUT2D eigenvalue weighted by Gasteiger charge is -2.17. The lowest BCUT2D eigenvalue weighted by Crippen LogP contribution is -2.18. The van der Waals surface area contributed by atoms with Gasteiger partial charge in [0.15, 0.2) is 5.78 Å². The predicted molar refractivity (Wildman–Crippen MR) is 95.2 cm³/mol. The Kier molecular flexibility index (Phi) is 5.26. The van der Waals surface area contributed by atoms with E-state index in [0.717, 1.165) is 35.8 Å². The number of benzene rings is 1. The Morgan fingerprint density at radius 1 is 1.30 bits per heavy atom. The van der Waals surface area contributed by atoms with Crippen molar-refractivity contribution >= 4 is 23.2 Å². The van der Waals surface area contributed by atoms with E-state index < -0.39 is 0 Å². The van der Waals surface area contributed by atoms with Gasteiger partial charge in [-0.3, -0.25) is 9.69 Å². The van der Waals surface area contributed by atoms with Crippen LogP contribution in [0.1, 0.15) is 33.6 Å². The van der Waals surface area contributed by atoms with Crippen LogP contribution in [0.5, 0.6) is 5.75 Å². The minimum absolute atomic E-state index is 0.0527. The zero-order chi connectivity index (χ0) is 16.1. The van der Waals surface area contributed by atoms with Crippen molar-refractivity contribution in [1.82, 2.24) is 4.90 Å². The molecule has 0 saturated carbocycles. The normalized spacial score (nSPS) is 15.3. The van der Waals surface area contributed by atoms with E-state index in [1.807, 2.05) is 35.7 Å². The second kappa shape index (κ2) is 7.57. The second-order valence-corrected chi connectivity index (χ2v) is 6.68. The summed E-state index contributed by atoms with van der Waals surface area (Å²) in [6, 6.07) is 9.85. The third-order valence-electron chi connectivity index (χ3n) is 4.09. The van der Waals surface area contributed by atoms with Gasteiger partial charge < -0.3 is 4.74 Å². The third kappa shape index (κ3) is 4.09. The Morgan fingerprint density at radius 2 is 2.13 bits per heavy atom. The van der Waals surface area contributed by atoms with Gasteiger partial charge in [0.05, 0.1) is 12.0 Å². The average molecular weight is 327 g/mol. The number of rotatable bonds is 6. The highest BCUT2D eigenvalue weighted by Crippen LogP contribution is 2.24. The summed E-state index contributed by atoms with van der Waals surface area (Å²) in [5.74, 6) is 0.968. The van der Waals surface area contributed by atoms with Crippen LogP contribution >= 0.6 is 11.3 Å². The number of allylic oxidation sites excluding steroid dienone is 1. The number of likely N-dealkylation sites (tertiary alicyclic amines) is 1. The van der Waals surface area contributed by atoms with Crippen LogP contribution in [-0.2, 0) is 6.54 Å². The Morgan fingerprint density at radius 3 is 2.83 bits per heavy atom. The van der Waals surface area contributed by atoms with Crippen LogP contribution in [-0.4, -0.2) is 30.9 Å². The van der Waals surface area contributed by atoms with Crippen molar-refractivity contribution in [1.29, 1.82) is 0 Å². The molecule has 23 heavy (non-hydrogen) atoms. The topological polar surface area (TPSA) is 29.5 Å². The summed E-state index contributed by atoms with van der Waals surface area (Å²) in [6.45, 7) is 3.21. The van der Waals surface area contributed by atoms with Crippen molar-refractivity contribution in [2.24, 2.45) is 0 Å². The minimum atomic E-state index is 0.0527. The van der Waals surface area contributed by atoms with Gasteiger partial charge in [-0.05, 0) is 61.1 Å². The smallest absolute Gasteiger partial charge is 0.195 e. The molecule has 0 bridgehead atoms. The van der Waals surface area contributed by atoms with Crippen molar-refractivity contribution < 1.29 is 9.53 Å². The molecule has 1 aromatic heterocycles. The maximum absolute atomic E-state index is 12.1. The lowest BCUT2D eigenvalue weighted by atomic mass is 10.1. The third-order valence-corrected chi connectivity index (χ3v) is 4.97. The second-order valence-electron chi connectivity index (χ2n) is 5.73. The summed E-state index contributed by atoms with van der Waals surface area (Å²) in [5.41, 5.74) is 2.21. The first-order chi connectivity index (χ1) is 11.3. The van der Waals surface area contributed by atoms with E-state index >= 15 is 0 Å². The Labute approximate surface area is 141 Å². The van der Waals surface area contributed by atoms with Crippen molar-refractivity contribution in [3.05, 3.63) is 57.8 Å². The molecule has 0 radical (unpaired) electrons. The molecule has 0 unspecified atom stereocenters. The lowest BCUT2D eigenvalue weighted by molar-refractivity contribution is 0.105. The van der Waals surface area contributed by atoms with E-state index in [1.165, 1.54) is 29.7 Å². The molecular weight excluding hydrogens is 306 g/mol. The van der Waals surface area contributed by atoms with Gasteiger partial charge in [0.2, 0.25) is 0 Å². The SMILES string of the molecule is COc1ccc(/C=C/C(=O)c2cccs2)cc1CN1CCCC1. The number of carbonyl (C=O) groups is 1. The quantitative estimate of drug-likeness (QED) is 0.587. The molecule has 1 fully saturated rings. The number of hydrogen-bond donors (Lipinski definition) is 0. The van der Waals surface area contributed by atoms with Crippen molar-refractivity contribution in [2.75, 3.05) is 20.2 Å². The summed E-state index contributed by atoms with van der Waals surface area (Å²) in [5, 5.41) is 1.92. The Balaban J connectivity index is 1.75. The monoisotopic (exact) mass is 327 g/mol. The minimum Gasteiger partial charge on any atom is -0.496 e. The molecule has 3 nitrogen and oxygen atoms in total. The molecule has 1 aromatic carbocycles. The van der Waals surface area contributed by atoms with Crippen LogP contribution in [0.2, 0.25) is 0 Å². The van der Waals surface area contributed by atoms with Crippen LogP contribution in [0, 0.1) is 0 Å². The fraction of sp³-hybridized carbons (Fsp3) is 0.316. The first-order valence-electron chi connectivity index (χ1n) is 7.91. The molecule has 4 heteroatoms. The largest absolute Gasteiger partial charge is 0.496 e. The number of nitrogens with zero attached hydrogens (tertiary/aromatic N) is 1. The first kappa shape index (κ1) is 16.0. The van der Waals surface area contributed by atoms with Crippen LogP contribution in [0.4, 0.5) is 0 Å². The Bertz CT molecular complexity index is 685. The van der Waals surface area contributed by atoms with Gasteiger partial charge in [-0.15, -0.1) is 11.3 Å². The molecule has 0 spiro atoms. The molecule has 0 N–H and O–H groups in total. The fourth-order valence-electron chi connectivity index (χ4n) is 2.88. The Hall–Kier alpha value is -1.91. The fourth-order valence-corrected chi connectivity index (χ4v) is 3.53. The van der Waals surface area contributed by atoms with Gasteiger partial charge >= 0.3 is 0 Å². The molecule has 1 aliphatic heterocycles. The van der Waals surface area contributed by atoms with Gasteiger partial charge in [-0.25, -0.2) is 0 Å². The molecule has 2 aromatic rings. The highest BCUT2D eigenvalue weighted by atomic mass is 32.1. The maximum Gasteiger partial charge on any atom is 0.195 e. The van der Waals surface area contributed by atoms with E-state index in [1.54, 1.807) is 13.2 Å². The van der Waals surface area contributed by atoms with E-state index in [0.29, 0.717) is 0 Å². The van der Waals surface area contributed by atoms with Crippen LogP contribution in [0.25, 0.3) is 6.08 Å². The van der Waals surface area contributed by atoms with Crippen molar-refractivity contribution in [3.8, 4) is 5.75 Å². The highest BCUT2D eigenvalue weighted by Gasteiger charge is 2.14. The van der Waals surface area contributed by atoms with Crippen LogP contribution in [0.15, 0.2) is 41.8 Å². The molecular formula is C19H21NO2S. The summed E-state index contributed by atoms with van der Waals surface area (Å²) < 4.78 is 5.48. The van der Waals surface area contributed by atoms with Gasteiger partial charge in [-0.1, -0.05) is 18.2 Å². The zero-order valence-corrected chi connectivity index (χ0v) is 14.1. The molecule has 2 heterocycles. The molecule has 1 saturated heterocycles. The van der Waals surface area contributed by atoms with Gasteiger partial charge in [-0.2, -0.15) is 0 Å². The summed E-state index contributed by atoms with van der Waals surface area (Å²) in [6.07, 6.45) is 6.08. The number of hydrogen-bond acceptors (Lipinski definition) is 4. The summed E-state index contributed by atoms with van der Waals surface area (Å²) in [4.78, 5) is 15.3. The molecule has 0 atom stereocenters. The molecule has 120 valence electrons. The zero-order valence-electron chi connectivity index (χ0n) is 13.3. The number of thiophene rings is 1. The predicted octanol–water partition coefficient (Wildman–Crippen LogP) is 4.25. The summed E-state index contributed by atoms with van der Waals surface area (Å²) >= 11 is 1.47. The maximum atomic E-state index is 12.1. The van der Waals surface area contributed by atoms with Gasteiger partial charge in [0, 0.05) is 12.1 Å². The van der Waals surface area contributed by atoms with E-state index in [2.05, 4.69) is 11.0 Å². The number of ether oxygens (including phenoxy) is 1. The van der Waals surface area contributed by atoms with Crippen LogP contribution in [0.3, 0.4) is 0 Å². The first-order valence-corrected chi connectivity index (χ1v) is 8.79. The number of carbonyl (C=O) groups excluding carboxylic acids is 1. The van der Waals surface area contributed by atoms with Gasteiger partial charge in [0.25, 0.3) is 0 Å². The molecule has 3 rings (SSSR count). The van der Waals surface area contributed by atoms with Gasteiger partial charge in [0.1, 0.15) is 5.75 Å². The molecule has 0 aliphatic carbocycles. The summed E-state index contributed by atoms with van der Waals surface area (Å²) in [7, 11) is 1.71. The van der Waals surface area contributed by atoms with Crippen molar-refractivity contribution in [2.45, 2.75) is 19.4 Å². The van der Waals surface area contributed by atoms with E-state index in [9.17, 15) is 4.79 Å². The molecule has 1 aliphatic rings. The van der Waals surface area contributed by atoms with Crippen molar-refractivity contribution in [3.63, 3.8) is 0 Å². The number of ketones is 1. The van der Waals surface area contributed by atoms with E-state index in [-0.39, 0.29) is 5.78 Å². The average Bonchev–Trinajstić information content (AvgIpc) is 3.26. The van der Waals surface area contributed by atoms with Crippen LogP contribution < -0.4 is 4.74 Å². The molecule has 0 amide bonds. The number of methoxy groups -OCH3 is 1. The highest BCUT2D eigenvalue weighted by molar-refractivity contribution is 7.12. The van der Waals surface area contributed by atoms with E-state index in [4.69, 9.17) is 4.74 Å².